The van der Waals surface area contributed by atoms with Crippen molar-refractivity contribution in [3.8, 4) is 0 Å². The maximum atomic E-state index is 12.9. The van der Waals surface area contributed by atoms with E-state index in [-0.39, 0.29) is 10.9 Å². The Hall–Kier alpha value is -1.66. The highest BCUT2D eigenvalue weighted by atomic mass is 35.5. The van der Waals surface area contributed by atoms with Gasteiger partial charge in [0, 0.05) is 12.4 Å². The van der Waals surface area contributed by atoms with Crippen LogP contribution in [0.3, 0.4) is 0 Å². The minimum Gasteiger partial charge on any atom is -0.324 e. The van der Waals surface area contributed by atoms with Gasteiger partial charge in [0.2, 0.25) is 5.91 Å². The van der Waals surface area contributed by atoms with Crippen molar-refractivity contribution in [2.24, 2.45) is 0 Å². The van der Waals surface area contributed by atoms with Crippen LogP contribution in [0.5, 0.6) is 0 Å². The van der Waals surface area contributed by atoms with Crippen molar-refractivity contribution in [1.29, 1.82) is 0 Å². The number of rotatable bonds is 4. The van der Waals surface area contributed by atoms with Crippen LogP contribution in [0, 0.1) is 5.82 Å². The number of nitrogens with one attached hydrogen (secondary N) is 1. The first-order chi connectivity index (χ1) is 9.56. The minimum atomic E-state index is -0.451. The Bertz CT molecular complexity index is 612. The van der Waals surface area contributed by atoms with E-state index in [2.05, 4.69) is 15.3 Å². The summed E-state index contributed by atoms with van der Waals surface area (Å²) in [5.41, 5.74) is 0.375. The summed E-state index contributed by atoms with van der Waals surface area (Å²) in [6.07, 6.45) is 3.22. The summed E-state index contributed by atoms with van der Waals surface area (Å²) in [4.78, 5) is 20.1. The fourth-order valence-corrected chi connectivity index (χ4v) is 2.32. The number of anilines is 1. The summed E-state index contributed by atoms with van der Waals surface area (Å²) in [6.45, 7) is 1.73. The van der Waals surface area contributed by atoms with Crippen molar-refractivity contribution >= 4 is 35.0 Å². The van der Waals surface area contributed by atoms with Crippen molar-refractivity contribution in [2.45, 2.75) is 17.3 Å². The number of carbonyl (C=O) groups is 1. The summed E-state index contributed by atoms with van der Waals surface area (Å²) in [5.74, 6) is -0.705. The molecule has 1 aromatic carbocycles. The molecule has 0 bridgehead atoms. The lowest BCUT2D eigenvalue weighted by atomic mass is 10.3. The van der Waals surface area contributed by atoms with Gasteiger partial charge in [-0.05, 0) is 31.2 Å². The molecule has 0 saturated carbocycles. The van der Waals surface area contributed by atoms with Crippen molar-refractivity contribution in [2.75, 3.05) is 5.32 Å². The Morgan fingerprint density at radius 2 is 2.10 bits per heavy atom. The first kappa shape index (κ1) is 14.7. The molecule has 0 aliphatic heterocycles. The lowest BCUT2D eigenvalue weighted by Crippen LogP contribution is -2.22. The average Bonchev–Trinajstić information content (AvgIpc) is 2.43. The summed E-state index contributed by atoms with van der Waals surface area (Å²) in [5, 5.41) is 2.91. The number of thioether (sulfide) groups is 1. The van der Waals surface area contributed by atoms with Gasteiger partial charge in [-0.15, -0.1) is 0 Å². The van der Waals surface area contributed by atoms with Crippen LogP contribution in [0.15, 0.2) is 41.8 Å². The standard InChI is InChI=1S/C13H11ClFN3OS/c1-8(20-13-16-5-2-6-17-13)12(19)18-11-4-3-9(15)7-10(11)14/h2-8H,1H3,(H,18,19)/t8-/m0/s1. The van der Waals surface area contributed by atoms with Crippen molar-refractivity contribution < 1.29 is 9.18 Å². The average molecular weight is 312 g/mol. The lowest BCUT2D eigenvalue weighted by molar-refractivity contribution is -0.115. The van der Waals surface area contributed by atoms with Gasteiger partial charge in [-0.1, -0.05) is 23.4 Å². The number of carbonyl (C=O) groups excluding carboxylic acids is 1. The van der Waals surface area contributed by atoms with Crippen molar-refractivity contribution in [1.82, 2.24) is 9.97 Å². The smallest absolute Gasteiger partial charge is 0.237 e. The molecular formula is C13H11ClFN3OS. The molecule has 1 aromatic heterocycles. The zero-order valence-electron chi connectivity index (χ0n) is 10.5. The SMILES string of the molecule is C[C@H](Sc1ncccn1)C(=O)Nc1ccc(F)cc1Cl. The highest BCUT2D eigenvalue weighted by molar-refractivity contribution is 8.00. The summed E-state index contributed by atoms with van der Waals surface area (Å²) in [6, 6.07) is 5.51. The van der Waals surface area contributed by atoms with E-state index in [0.717, 1.165) is 6.07 Å². The van der Waals surface area contributed by atoms with E-state index in [1.54, 1.807) is 25.4 Å². The van der Waals surface area contributed by atoms with E-state index in [1.807, 2.05) is 0 Å². The third kappa shape index (κ3) is 3.91. The Morgan fingerprint density at radius 3 is 2.75 bits per heavy atom. The molecule has 2 rings (SSSR count). The Kier molecular flexibility index (Phi) is 4.92. The maximum absolute atomic E-state index is 12.9. The second-order valence-electron chi connectivity index (χ2n) is 3.90. The Balaban J connectivity index is 2.01. The van der Waals surface area contributed by atoms with Gasteiger partial charge in [-0.2, -0.15) is 0 Å². The van der Waals surface area contributed by atoms with Crippen molar-refractivity contribution in [3.63, 3.8) is 0 Å². The molecule has 2 aromatic rings. The molecule has 1 heterocycles. The molecule has 0 unspecified atom stereocenters. The molecule has 20 heavy (non-hydrogen) atoms. The Labute approximate surface area is 124 Å². The molecule has 1 amide bonds. The van der Waals surface area contributed by atoms with Gasteiger partial charge in [0.1, 0.15) is 5.82 Å². The highest BCUT2D eigenvalue weighted by Crippen LogP contribution is 2.25. The van der Waals surface area contributed by atoms with E-state index in [0.29, 0.717) is 10.8 Å². The predicted octanol–water partition coefficient (Wildman–Crippen LogP) is 3.39. The lowest BCUT2D eigenvalue weighted by Gasteiger charge is -2.12. The number of amides is 1. The number of nitrogens with zero attached hydrogens (tertiary/aromatic N) is 2. The summed E-state index contributed by atoms with van der Waals surface area (Å²) < 4.78 is 12.9. The largest absolute Gasteiger partial charge is 0.324 e. The van der Waals surface area contributed by atoms with Crippen LogP contribution in [-0.2, 0) is 4.79 Å². The first-order valence-electron chi connectivity index (χ1n) is 5.76. The monoisotopic (exact) mass is 311 g/mol. The van der Waals surface area contributed by atoms with Crippen LogP contribution in [0.2, 0.25) is 5.02 Å². The number of hydrogen-bond donors (Lipinski definition) is 1. The molecule has 0 aliphatic carbocycles. The number of hydrogen-bond acceptors (Lipinski definition) is 4. The van der Waals surface area contributed by atoms with E-state index >= 15 is 0 Å². The van der Waals surface area contributed by atoms with E-state index in [4.69, 9.17) is 11.6 Å². The molecular weight excluding hydrogens is 301 g/mol. The second-order valence-corrected chi connectivity index (χ2v) is 5.62. The molecule has 1 N–H and O–H groups in total. The van der Waals surface area contributed by atoms with Gasteiger partial charge in [0.15, 0.2) is 5.16 Å². The molecule has 0 spiro atoms. The fraction of sp³-hybridized carbons (Fsp3) is 0.154. The highest BCUT2D eigenvalue weighted by Gasteiger charge is 2.17. The third-order valence-electron chi connectivity index (χ3n) is 2.38. The second kappa shape index (κ2) is 6.67. The first-order valence-corrected chi connectivity index (χ1v) is 7.01. The van der Waals surface area contributed by atoms with E-state index in [9.17, 15) is 9.18 Å². The van der Waals surface area contributed by atoms with Crippen LogP contribution in [0.1, 0.15) is 6.92 Å². The van der Waals surface area contributed by atoms with E-state index < -0.39 is 11.1 Å². The van der Waals surface area contributed by atoms with Gasteiger partial charge in [-0.3, -0.25) is 4.79 Å². The van der Waals surface area contributed by atoms with Gasteiger partial charge in [0.05, 0.1) is 16.0 Å². The van der Waals surface area contributed by atoms with Crippen molar-refractivity contribution in [3.05, 3.63) is 47.5 Å². The summed E-state index contributed by atoms with van der Waals surface area (Å²) in [7, 11) is 0. The molecule has 0 aliphatic rings. The van der Waals surface area contributed by atoms with Gasteiger partial charge in [-0.25, -0.2) is 14.4 Å². The quantitative estimate of drug-likeness (QED) is 0.694. The molecule has 0 radical (unpaired) electrons. The minimum absolute atomic E-state index is 0.159. The van der Waals surface area contributed by atoms with Crippen LogP contribution in [0.25, 0.3) is 0 Å². The van der Waals surface area contributed by atoms with Gasteiger partial charge in [0.25, 0.3) is 0 Å². The molecule has 7 heteroatoms. The molecule has 104 valence electrons. The normalized spacial score (nSPS) is 11.9. The maximum Gasteiger partial charge on any atom is 0.237 e. The topological polar surface area (TPSA) is 54.9 Å². The summed E-state index contributed by atoms with van der Waals surface area (Å²) >= 11 is 7.08. The zero-order valence-corrected chi connectivity index (χ0v) is 12.1. The fourth-order valence-electron chi connectivity index (χ4n) is 1.38. The van der Waals surface area contributed by atoms with Crippen LogP contribution in [0.4, 0.5) is 10.1 Å². The van der Waals surface area contributed by atoms with Gasteiger partial charge < -0.3 is 5.32 Å². The van der Waals surface area contributed by atoms with E-state index in [1.165, 1.54) is 23.9 Å². The molecule has 0 fully saturated rings. The van der Waals surface area contributed by atoms with Crippen LogP contribution >= 0.6 is 23.4 Å². The predicted molar refractivity (Wildman–Crippen MR) is 77.4 cm³/mol. The van der Waals surface area contributed by atoms with Crippen LogP contribution in [-0.4, -0.2) is 21.1 Å². The number of aromatic nitrogens is 2. The molecule has 0 saturated heterocycles. The third-order valence-corrected chi connectivity index (χ3v) is 3.68. The Morgan fingerprint density at radius 1 is 1.40 bits per heavy atom. The molecule has 1 atom stereocenters. The van der Waals surface area contributed by atoms with Gasteiger partial charge >= 0.3 is 0 Å². The number of halogens is 2. The van der Waals surface area contributed by atoms with Crippen LogP contribution < -0.4 is 5.32 Å². The zero-order chi connectivity index (χ0) is 14.5. The number of benzene rings is 1. The molecule has 4 nitrogen and oxygen atoms in total.